The third-order valence-electron chi connectivity index (χ3n) is 2.70. The number of nitrogens with zero attached hydrogens (tertiary/aromatic N) is 1. The number of amides is 1. The van der Waals surface area contributed by atoms with Crippen LogP contribution in [0.5, 0.6) is 11.5 Å². The molecule has 0 aliphatic carbocycles. The second-order valence-electron chi connectivity index (χ2n) is 4.31. The van der Waals surface area contributed by atoms with Gasteiger partial charge in [0.2, 0.25) is 0 Å². The van der Waals surface area contributed by atoms with Crippen LogP contribution in [0.15, 0.2) is 53.6 Å². The van der Waals surface area contributed by atoms with Crippen LogP contribution >= 0.6 is 22.6 Å². The van der Waals surface area contributed by atoms with Gasteiger partial charge in [0.25, 0.3) is 5.91 Å². The van der Waals surface area contributed by atoms with E-state index in [4.69, 9.17) is 9.47 Å². The first-order chi connectivity index (χ1) is 10.7. The Labute approximate surface area is 142 Å². The number of carbonyl (C=O) groups is 1. The summed E-state index contributed by atoms with van der Waals surface area (Å²) in [4.78, 5) is 11.6. The molecule has 0 atom stereocenters. The molecule has 22 heavy (non-hydrogen) atoms. The van der Waals surface area contributed by atoms with Gasteiger partial charge in [0.1, 0.15) is 11.5 Å². The van der Waals surface area contributed by atoms with Crippen molar-refractivity contribution >= 4 is 34.7 Å². The molecule has 6 heteroatoms. The molecule has 2 aromatic rings. The van der Waals surface area contributed by atoms with Gasteiger partial charge in [-0.25, -0.2) is 5.43 Å². The molecule has 1 N–H and O–H groups in total. The van der Waals surface area contributed by atoms with Crippen LogP contribution in [-0.2, 0) is 4.79 Å². The first-order valence-corrected chi connectivity index (χ1v) is 7.59. The van der Waals surface area contributed by atoms with E-state index < -0.39 is 0 Å². The first kappa shape index (κ1) is 16.3. The third-order valence-corrected chi connectivity index (χ3v) is 3.42. The Kier molecular flexibility index (Phi) is 6.20. The molecule has 2 aromatic carbocycles. The highest BCUT2D eigenvalue weighted by Gasteiger charge is 2.01. The lowest BCUT2D eigenvalue weighted by molar-refractivity contribution is -0.123. The number of methoxy groups -OCH3 is 1. The van der Waals surface area contributed by atoms with Crippen LogP contribution < -0.4 is 14.9 Å². The van der Waals surface area contributed by atoms with E-state index in [1.807, 2.05) is 48.5 Å². The summed E-state index contributed by atoms with van der Waals surface area (Å²) in [5.74, 6) is 1.10. The van der Waals surface area contributed by atoms with Crippen molar-refractivity contribution in [2.24, 2.45) is 5.10 Å². The Morgan fingerprint density at radius 2 is 1.77 bits per heavy atom. The fraction of sp³-hybridized carbons (Fsp3) is 0.125. The summed E-state index contributed by atoms with van der Waals surface area (Å²) in [6, 6.07) is 14.8. The van der Waals surface area contributed by atoms with Crippen LogP contribution in [0.4, 0.5) is 0 Å². The molecule has 0 bridgehead atoms. The predicted octanol–water partition coefficient (Wildman–Crippen LogP) is 2.83. The van der Waals surface area contributed by atoms with E-state index in [9.17, 15) is 4.79 Å². The van der Waals surface area contributed by atoms with Gasteiger partial charge < -0.3 is 9.47 Å². The number of ether oxygens (including phenoxy) is 2. The van der Waals surface area contributed by atoms with Crippen molar-refractivity contribution in [2.45, 2.75) is 0 Å². The Balaban J connectivity index is 1.76. The van der Waals surface area contributed by atoms with Gasteiger partial charge in [-0.2, -0.15) is 5.10 Å². The highest BCUT2D eigenvalue weighted by Crippen LogP contribution is 2.13. The highest BCUT2D eigenvalue weighted by atomic mass is 127. The van der Waals surface area contributed by atoms with Crippen molar-refractivity contribution in [1.82, 2.24) is 5.43 Å². The van der Waals surface area contributed by atoms with Crippen molar-refractivity contribution in [3.63, 3.8) is 0 Å². The largest absolute Gasteiger partial charge is 0.497 e. The van der Waals surface area contributed by atoms with Crippen LogP contribution in [0.2, 0.25) is 0 Å². The normalized spacial score (nSPS) is 10.5. The average molecular weight is 410 g/mol. The lowest BCUT2D eigenvalue weighted by Crippen LogP contribution is -2.24. The summed E-state index contributed by atoms with van der Waals surface area (Å²) in [6.45, 7) is -0.0828. The minimum absolute atomic E-state index is 0.0828. The molecular formula is C16H15IN2O3. The van der Waals surface area contributed by atoms with Crippen LogP contribution in [0.3, 0.4) is 0 Å². The van der Waals surface area contributed by atoms with Crippen molar-refractivity contribution in [1.29, 1.82) is 0 Å². The second-order valence-corrected chi connectivity index (χ2v) is 5.55. The van der Waals surface area contributed by atoms with E-state index in [2.05, 4.69) is 33.1 Å². The highest BCUT2D eigenvalue weighted by molar-refractivity contribution is 14.1. The van der Waals surface area contributed by atoms with Crippen molar-refractivity contribution in [3.8, 4) is 11.5 Å². The molecule has 1 amide bonds. The van der Waals surface area contributed by atoms with Crippen LogP contribution in [-0.4, -0.2) is 25.8 Å². The van der Waals surface area contributed by atoms with Gasteiger partial charge in [0.05, 0.1) is 13.3 Å². The smallest absolute Gasteiger partial charge is 0.277 e. The molecule has 114 valence electrons. The van der Waals surface area contributed by atoms with Gasteiger partial charge in [0.15, 0.2) is 6.61 Å². The second kappa shape index (κ2) is 8.38. The summed E-state index contributed by atoms with van der Waals surface area (Å²) in [7, 11) is 1.61. The number of halogens is 1. The van der Waals surface area contributed by atoms with Crippen molar-refractivity contribution in [2.75, 3.05) is 13.7 Å². The van der Waals surface area contributed by atoms with E-state index in [0.29, 0.717) is 5.75 Å². The molecule has 0 aromatic heterocycles. The summed E-state index contributed by atoms with van der Waals surface area (Å²) < 4.78 is 11.5. The van der Waals surface area contributed by atoms with Gasteiger partial charge >= 0.3 is 0 Å². The molecule has 0 fully saturated rings. The molecule has 0 spiro atoms. The summed E-state index contributed by atoms with van der Waals surface area (Å²) >= 11 is 2.20. The number of hydrogen-bond acceptors (Lipinski definition) is 4. The van der Waals surface area contributed by atoms with Gasteiger partial charge in [0, 0.05) is 3.57 Å². The number of nitrogens with one attached hydrogen (secondary N) is 1. The number of rotatable bonds is 6. The SMILES string of the molecule is COc1ccc(/C=N\NC(=O)COc2ccc(I)cc2)cc1. The quantitative estimate of drug-likeness (QED) is 0.453. The molecule has 0 aliphatic heterocycles. The van der Waals surface area contributed by atoms with E-state index in [1.165, 1.54) is 0 Å². The molecule has 0 unspecified atom stereocenters. The van der Waals surface area contributed by atoms with Crippen LogP contribution in [0.1, 0.15) is 5.56 Å². The molecule has 2 rings (SSSR count). The Morgan fingerprint density at radius 1 is 1.14 bits per heavy atom. The Bertz CT molecular complexity index is 639. The summed E-state index contributed by atoms with van der Waals surface area (Å²) in [5, 5.41) is 3.88. The van der Waals surface area contributed by atoms with Crippen molar-refractivity contribution < 1.29 is 14.3 Å². The maximum Gasteiger partial charge on any atom is 0.277 e. The zero-order valence-electron chi connectivity index (χ0n) is 12.0. The topological polar surface area (TPSA) is 59.9 Å². The molecular weight excluding hydrogens is 395 g/mol. The third kappa shape index (κ3) is 5.36. The molecule has 0 radical (unpaired) electrons. The van der Waals surface area contributed by atoms with Gasteiger partial charge in [-0.1, -0.05) is 0 Å². The van der Waals surface area contributed by atoms with Crippen LogP contribution in [0, 0.1) is 3.57 Å². The molecule has 0 saturated heterocycles. The maximum atomic E-state index is 11.6. The fourth-order valence-electron chi connectivity index (χ4n) is 1.58. The van der Waals surface area contributed by atoms with E-state index in [-0.39, 0.29) is 12.5 Å². The maximum absolute atomic E-state index is 11.6. The zero-order chi connectivity index (χ0) is 15.8. The number of hydrazone groups is 1. The monoisotopic (exact) mass is 410 g/mol. The number of hydrogen-bond donors (Lipinski definition) is 1. The Hall–Kier alpha value is -2.09. The average Bonchev–Trinajstić information content (AvgIpc) is 2.55. The minimum Gasteiger partial charge on any atom is -0.497 e. The van der Waals surface area contributed by atoms with Gasteiger partial charge in [-0.15, -0.1) is 0 Å². The number of carbonyl (C=O) groups excluding carboxylic acids is 1. The standard InChI is InChI=1S/C16H15IN2O3/c1-21-14-6-2-12(3-7-14)10-18-19-16(20)11-22-15-8-4-13(17)5-9-15/h2-10H,11H2,1H3,(H,19,20)/b18-10-. The van der Waals surface area contributed by atoms with E-state index >= 15 is 0 Å². The number of benzene rings is 2. The minimum atomic E-state index is -0.316. The van der Waals surface area contributed by atoms with Gasteiger partial charge in [-0.05, 0) is 76.7 Å². The summed E-state index contributed by atoms with van der Waals surface area (Å²) in [6.07, 6.45) is 1.56. The summed E-state index contributed by atoms with van der Waals surface area (Å²) in [5.41, 5.74) is 3.27. The van der Waals surface area contributed by atoms with E-state index in [1.54, 1.807) is 13.3 Å². The first-order valence-electron chi connectivity index (χ1n) is 6.52. The lowest BCUT2D eigenvalue weighted by Gasteiger charge is -2.04. The fourth-order valence-corrected chi connectivity index (χ4v) is 1.94. The van der Waals surface area contributed by atoms with E-state index in [0.717, 1.165) is 14.9 Å². The Morgan fingerprint density at radius 3 is 2.41 bits per heavy atom. The van der Waals surface area contributed by atoms with Crippen LogP contribution in [0.25, 0.3) is 0 Å². The predicted molar refractivity (Wildman–Crippen MR) is 93.4 cm³/mol. The molecule has 0 aliphatic rings. The van der Waals surface area contributed by atoms with Gasteiger partial charge in [-0.3, -0.25) is 4.79 Å². The molecule has 0 saturated carbocycles. The lowest BCUT2D eigenvalue weighted by atomic mass is 10.2. The zero-order valence-corrected chi connectivity index (χ0v) is 14.1. The van der Waals surface area contributed by atoms with Crippen molar-refractivity contribution in [3.05, 3.63) is 57.7 Å². The molecule has 5 nitrogen and oxygen atoms in total. The molecule has 0 heterocycles.